The predicted octanol–water partition coefficient (Wildman–Crippen LogP) is 0.465. The van der Waals surface area contributed by atoms with Crippen molar-refractivity contribution in [2.75, 3.05) is 6.26 Å². The molecule has 122 valence electrons. The second kappa shape index (κ2) is 6.22. The second-order valence-electron chi connectivity index (χ2n) is 6.83. The monoisotopic (exact) mass is 318 g/mol. The van der Waals surface area contributed by atoms with E-state index in [9.17, 15) is 18.3 Å². The van der Waals surface area contributed by atoms with Crippen LogP contribution in [0.15, 0.2) is 0 Å². The number of carbonyl (C=O) groups is 1. The minimum atomic E-state index is -3.42. The standard InChI is InChI=1S/C14H26N2O4S/c1-9(2)6-13(15-21(3,19)20)14(18)16-10-4-5-11(16)8-12(17)7-10/h9-13,15,17H,4-8H2,1-3H3. The molecule has 2 rings (SSSR count). The zero-order valence-electron chi connectivity index (χ0n) is 12.9. The molecule has 2 N–H and O–H groups in total. The van der Waals surface area contributed by atoms with E-state index in [-0.39, 0.29) is 30.0 Å². The molecule has 2 aliphatic rings. The van der Waals surface area contributed by atoms with Crippen molar-refractivity contribution < 1.29 is 18.3 Å². The zero-order chi connectivity index (χ0) is 15.8. The van der Waals surface area contributed by atoms with Crippen molar-refractivity contribution >= 4 is 15.9 Å². The third-order valence-corrected chi connectivity index (χ3v) is 5.04. The Bertz CT molecular complexity index is 477. The molecule has 0 radical (unpaired) electrons. The summed E-state index contributed by atoms with van der Waals surface area (Å²) in [6.07, 6.45) is 4.26. The summed E-state index contributed by atoms with van der Waals surface area (Å²) < 4.78 is 25.5. The van der Waals surface area contributed by atoms with E-state index in [4.69, 9.17) is 0 Å². The molecule has 3 atom stereocenters. The highest BCUT2D eigenvalue weighted by Crippen LogP contribution is 2.36. The SMILES string of the molecule is CC(C)CC(NS(C)(=O)=O)C(=O)N1C2CCC1CC(O)C2. The van der Waals surface area contributed by atoms with Gasteiger partial charge < -0.3 is 10.0 Å². The van der Waals surface area contributed by atoms with E-state index in [0.717, 1.165) is 19.1 Å². The van der Waals surface area contributed by atoms with Gasteiger partial charge in [0.25, 0.3) is 0 Å². The van der Waals surface area contributed by atoms with E-state index in [1.54, 1.807) is 0 Å². The number of amides is 1. The molecule has 0 aromatic carbocycles. The minimum Gasteiger partial charge on any atom is -0.393 e. The molecule has 2 saturated heterocycles. The first-order valence-electron chi connectivity index (χ1n) is 7.65. The van der Waals surface area contributed by atoms with E-state index >= 15 is 0 Å². The Morgan fingerprint density at radius 1 is 1.29 bits per heavy atom. The maximum Gasteiger partial charge on any atom is 0.241 e. The quantitative estimate of drug-likeness (QED) is 0.771. The average molecular weight is 318 g/mol. The highest BCUT2D eigenvalue weighted by atomic mass is 32.2. The van der Waals surface area contributed by atoms with Gasteiger partial charge in [-0.1, -0.05) is 13.8 Å². The molecule has 0 spiro atoms. The van der Waals surface area contributed by atoms with Crippen molar-refractivity contribution in [3.63, 3.8) is 0 Å². The molecule has 0 aromatic rings. The molecule has 21 heavy (non-hydrogen) atoms. The third-order valence-electron chi connectivity index (χ3n) is 4.32. The Kier molecular flexibility index (Phi) is 4.95. The molecular weight excluding hydrogens is 292 g/mol. The second-order valence-corrected chi connectivity index (χ2v) is 8.61. The predicted molar refractivity (Wildman–Crippen MR) is 80.1 cm³/mol. The smallest absolute Gasteiger partial charge is 0.241 e. The fourth-order valence-corrected chi connectivity index (χ4v) is 4.33. The van der Waals surface area contributed by atoms with Crippen LogP contribution in [0.5, 0.6) is 0 Å². The summed E-state index contributed by atoms with van der Waals surface area (Å²) in [6, 6.07) is -0.581. The van der Waals surface area contributed by atoms with Crippen LogP contribution in [0.3, 0.4) is 0 Å². The Morgan fingerprint density at radius 3 is 2.24 bits per heavy atom. The minimum absolute atomic E-state index is 0.0577. The fraction of sp³-hybridized carbons (Fsp3) is 0.929. The van der Waals surface area contributed by atoms with E-state index < -0.39 is 16.1 Å². The number of carbonyl (C=O) groups excluding carboxylic acids is 1. The number of sulfonamides is 1. The van der Waals surface area contributed by atoms with Crippen LogP contribution in [0.2, 0.25) is 0 Å². The molecule has 0 aliphatic carbocycles. The Morgan fingerprint density at radius 2 is 1.81 bits per heavy atom. The van der Waals surface area contributed by atoms with E-state index in [0.29, 0.717) is 19.3 Å². The maximum absolute atomic E-state index is 12.8. The van der Waals surface area contributed by atoms with Gasteiger partial charge in [-0.3, -0.25) is 4.79 Å². The molecule has 1 amide bonds. The number of aliphatic hydroxyl groups is 1. The van der Waals surface area contributed by atoms with Gasteiger partial charge in [0.1, 0.15) is 6.04 Å². The summed E-state index contributed by atoms with van der Waals surface area (Å²) in [5.74, 6) is 0.0924. The van der Waals surface area contributed by atoms with Crippen LogP contribution >= 0.6 is 0 Å². The number of hydrogen-bond acceptors (Lipinski definition) is 4. The van der Waals surface area contributed by atoms with Gasteiger partial charge in [0, 0.05) is 12.1 Å². The van der Waals surface area contributed by atoms with Crippen LogP contribution in [-0.2, 0) is 14.8 Å². The number of hydrogen-bond donors (Lipinski definition) is 2. The molecule has 2 aliphatic heterocycles. The summed E-state index contributed by atoms with van der Waals surface area (Å²) in [6.45, 7) is 3.94. The lowest BCUT2D eigenvalue weighted by molar-refractivity contribution is -0.139. The molecule has 2 bridgehead atoms. The Labute approximate surface area is 126 Å². The normalized spacial score (nSPS) is 30.7. The van der Waals surface area contributed by atoms with Crippen molar-refractivity contribution in [3.05, 3.63) is 0 Å². The van der Waals surface area contributed by atoms with Gasteiger partial charge in [-0.2, -0.15) is 0 Å². The van der Waals surface area contributed by atoms with Crippen LogP contribution in [0.4, 0.5) is 0 Å². The largest absolute Gasteiger partial charge is 0.393 e. The van der Waals surface area contributed by atoms with Gasteiger partial charge in [-0.25, -0.2) is 13.1 Å². The lowest BCUT2D eigenvalue weighted by Gasteiger charge is -2.39. The highest BCUT2D eigenvalue weighted by molar-refractivity contribution is 7.88. The summed E-state index contributed by atoms with van der Waals surface area (Å²) in [4.78, 5) is 14.6. The Hall–Kier alpha value is -0.660. The first kappa shape index (κ1) is 16.7. The molecule has 2 fully saturated rings. The first-order chi connectivity index (χ1) is 9.67. The van der Waals surface area contributed by atoms with Crippen LogP contribution in [0.1, 0.15) is 46.0 Å². The highest BCUT2D eigenvalue weighted by Gasteiger charge is 2.44. The van der Waals surface area contributed by atoms with Gasteiger partial charge in [0.05, 0.1) is 12.4 Å². The number of nitrogens with zero attached hydrogens (tertiary/aromatic N) is 1. The molecule has 6 nitrogen and oxygen atoms in total. The molecule has 2 heterocycles. The zero-order valence-corrected chi connectivity index (χ0v) is 13.8. The van der Waals surface area contributed by atoms with E-state index in [2.05, 4.69) is 4.72 Å². The van der Waals surface area contributed by atoms with Crippen LogP contribution in [0, 0.1) is 5.92 Å². The lowest BCUT2D eigenvalue weighted by Crippen LogP contribution is -2.55. The van der Waals surface area contributed by atoms with Gasteiger partial charge in [-0.15, -0.1) is 0 Å². The van der Waals surface area contributed by atoms with Crippen molar-refractivity contribution in [1.82, 2.24) is 9.62 Å². The van der Waals surface area contributed by atoms with Crippen LogP contribution in [0.25, 0.3) is 0 Å². The number of rotatable bonds is 5. The summed E-state index contributed by atoms with van der Waals surface area (Å²) in [5.41, 5.74) is 0. The number of aliphatic hydroxyl groups excluding tert-OH is 1. The van der Waals surface area contributed by atoms with Crippen molar-refractivity contribution in [2.24, 2.45) is 5.92 Å². The molecule has 3 unspecified atom stereocenters. The Balaban J connectivity index is 2.14. The summed E-state index contributed by atoms with van der Waals surface area (Å²) in [5, 5.41) is 9.81. The van der Waals surface area contributed by atoms with Crippen LogP contribution in [-0.4, -0.2) is 54.8 Å². The van der Waals surface area contributed by atoms with E-state index in [1.807, 2.05) is 18.7 Å². The van der Waals surface area contributed by atoms with Crippen molar-refractivity contribution in [3.8, 4) is 0 Å². The molecule has 0 aromatic heterocycles. The molecular formula is C14H26N2O4S. The first-order valence-corrected chi connectivity index (χ1v) is 9.54. The number of piperidine rings is 1. The van der Waals surface area contributed by atoms with Crippen LogP contribution < -0.4 is 4.72 Å². The maximum atomic E-state index is 12.8. The third kappa shape index (κ3) is 4.17. The van der Waals surface area contributed by atoms with Crippen molar-refractivity contribution in [1.29, 1.82) is 0 Å². The summed E-state index contributed by atoms with van der Waals surface area (Å²) >= 11 is 0. The average Bonchev–Trinajstić information content (AvgIpc) is 2.57. The topological polar surface area (TPSA) is 86.7 Å². The van der Waals surface area contributed by atoms with Gasteiger partial charge in [-0.05, 0) is 38.0 Å². The fourth-order valence-electron chi connectivity index (χ4n) is 3.62. The van der Waals surface area contributed by atoms with Crippen molar-refractivity contribution in [2.45, 2.75) is 70.2 Å². The van der Waals surface area contributed by atoms with Gasteiger partial charge >= 0.3 is 0 Å². The molecule has 0 saturated carbocycles. The molecule has 7 heteroatoms. The van der Waals surface area contributed by atoms with E-state index in [1.165, 1.54) is 0 Å². The summed E-state index contributed by atoms with van der Waals surface area (Å²) in [7, 11) is -3.42. The number of nitrogens with one attached hydrogen (secondary N) is 1. The van der Waals surface area contributed by atoms with Gasteiger partial charge in [0.15, 0.2) is 0 Å². The number of fused-ring (bicyclic) bond motifs is 2. The van der Waals surface area contributed by atoms with Gasteiger partial charge in [0.2, 0.25) is 15.9 Å². The lowest BCUT2D eigenvalue weighted by atomic mass is 9.97.